The predicted octanol–water partition coefficient (Wildman–Crippen LogP) is 25.5. The lowest BCUT2D eigenvalue weighted by Gasteiger charge is -2.23. The maximum absolute atomic E-state index is 6.94. The Hall–Kier alpha value is -14.1. The third-order valence-corrected chi connectivity index (χ3v) is 25.1. The van der Waals surface area contributed by atoms with Crippen molar-refractivity contribution in [2.45, 2.75) is 103 Å². The van der Waals surface area contributed by atoms with Gasteiger partial charge in [-0.15, -0.1) is 0 Å². The fraction of sp³-hybridized carbons (Fsp3) is 0.200. The second kappa shape index (κ2) is 40.9. The van der Waals surface area contributed by atoms with E-state index in [1.54, 1.807) is 0 Å². The topological polar surface area (TPSA) is 73.8 Å². The second-order valence-electron chi connectivity index (χ2n) is 34.3. The summed E-state index contributed by atoms with van der Waals surface area (Å²) in [5, 5.41) is 0. The average molecular weight is 1680 g/mol. The second-order valence-corrected chi connectivity index (χ2v) is 34.3. The molecule has 0 radical (unpaired) electrons. The van der Waals surface area contributed by atoms with Crippen molar-refractivity contribution in [3.05, 3.63) is 518 Å². The summed E-state index contributed by atoms with van der Waals surface area (Å²) in [6, 6.07) is 124. The van der Waals surface area contributed by atoms with Gasteiger partial charge in [0.05, 0.1) is 56.9 Å². The number of rotatable bonds is 24. The fourth-order valence-electron chi connectivity index (χ4n) is 19.9. The molecular weight excluding hydrogens is 1570 g/mol. The summed E-state index contributed by atoms with van der Waals surface area (Å²) in [5.74, 6) is 6.55. The number of hydrogen-bond acceptors (Lipinski definition) is 8. The highest BCUT2D eigenvalue weighted by atomic mass is 16.5. The van der Waals surface area contributed by atoms with Crippen LogP contribution in [-0.4, -0.2) is 56.9 Å². The van der Waals surface area contributed by atoms with E-state index >= 15 is 0 Å². The van der Waals surface area contributed by atoms with Gasteiger partial charge < -0.3 is 37.9 Å². The van der Waals surface area contributed by atoms with Gasteiger partial charge in [-0.05, 0) is 229 Å². The van der Waals surface area contributed by atoms with Crippen LogP contribution in [0.5, 0.6) is 46.0 Å². The fourth-order valence-corrected chi connectivity index (χ4v) is 19.9. The molecule has 0 N–H and O–H groups in total. The van der Waals surface area contributed by atoms with Crippen molar-refractivity contribution in [1.29, 1.82) is 0 Å². The van der Waals surface area contributed by atoms with Crippen LogP contribution in [0.15, 0.2) is 340 Å². The molecule has 8 nitrogen and oxygen atoms in total. The van der Waals surface area contributed by atoms with Crippen LogP contribution in [0.25, 0.3) is 0 Å². The largest absolute Gasteiger partial charge is 0.496 e. The van der Waals surface area contributed by atoms with Crippen LogP contribution in [0.3, 0.4) is 0 Å². The zero-order valence-corrected chi connectivity index (χ0v) is 74.9. The Balaban J connectivity index is 0.922. The number of methoxy groups -OCH3 is 8. The molecule has 0 fully saturated rings. The zero-order valence-electron chi connectivity index (χ0n) is 74.9. The van der Waals surface area contributed by atoms with Crippen molar-refractivity contribution in [1.82, 2.24) is 0 Å². The third-order valence-electron chi connectivity index (χ3n) is 25.1. The molecule has 17 rings (SSSR count). The minimum absolute atomic E-state index is 0.502. The van der Waals surface area contributed by atoms with Gasteiger partial charge in [-0.1, -0.05) is 340 Å². The van der Waals surface area contributed by atoms with Crippen LogP contribution in [0.4, 0.5) is 0 Å². The van der Waals surface area contributed by atoms with Gasteiger partial charge in [-0.2, -0.15) is 0 Å². The summed E-state index contributed by atoms with van der Waals surface area (Å²) in [4.78, 5) is 0. The van der Waals surface area contributed by atoms with Crippen molar-refractivity contribution in [3.8, 4) is 46.0 Å². The first-order valence-corrected chi connectivity index (χ1v) is 44.7. The van der Waals surface area contributed by atoms with E-state index in [4.69, 9.17) is 37.9 Å². The SMILES string of the molecule is COc1c2cc(Cc3ccccc3)cc1Cc1cc(Cc3ccccc3)cc(c1OC)Cc1cc(Cc3ccccc3)cc(c1OC)Cc1cc(Cc3ccccc3)cc(c1OC)Cc1cc(Cc3ccccc3)cc(c1OC)Cc1cc(Cc3ccccc3)cc(c1OC)Cc1cc(Cc3ccccc3)cc(c1OC)Cc1cc(Cc3ccccc3)cc(c1OC)C2. The molecule has 0 saturated heterocycles. The zero-order chi connectivity index (χ0) is 87.7. The summed E-state index contributed by atoms with van der Waals surface area (Å²) in [5.41, 5.74) is 35.9. The van der Waals surface area contributed by atoms with E-state index in [9.17, 15) is 0 Å². The van der Waals surface area contributed by atoms with Gasteiger partial charge in [0.15, 0.2) is 0 Å². The van der Waals surface area contributed by atoms with E-state index in [1.807, 2.05) is 56.9 Å². The Bertz CT molecular complexity index is 5120. The molecule has 0 aromatic heterocycles. The van der Waals surface area contributed by atoms with Crippen LogP contribution in [0, 0.1) is 0 Å². The summed E-state index contributed by atoms with van der Waals surface area (Å²) < 4.78 is 55.5. The summed E-state index contributed by atoms with van der Waals surface area (Å²) >= 11 is 0. The van der Waals surface area contributed by atoms with Crippen LogP contribution >= 0.6 is 0 Å². The molecule has 16 aromatic carbocycles. The van der Waals surface area contributed by atoms with Crippen LogP contribution < -0.4 is 37.9 Å². The van der Waals surface area contributed by atoms with Gasteiger partial charge in [0.1, 0.15) is 46.0 Å². The van der Waals surface area contributed by atoms with Gasteiger partial charge in [0, 0.05) is 51.4 Å². The van der Waals surface area contributed by atoms with Crippen molar-refractivity contribution in [3.63, 3.8) is 0 Å². The van der Waals surface area contributed by atoms with Gasteiger partial charge in [-0.3, -0.25) is 0 Å². The van der Waals surface area contributed by atoms with Crippen molar-refractivity contribution >= 4 is 0 Å². The first kappa shape index (κ1) is 86.1. The van der Waals surface area contributed by atoms with Gasteiger partial charge in [-0.25, -0.2) is 0 Å². The lowest BCUT2D eigenvalue weighted by atomic mass is 9.86. The maximum atomic E-state index is 6.94. The average Bonchev–Trinajstić information content (AvgIpc) is 0.776. The lowest BCUT2D eigenvalue weighted by Crippen LogP contribution is -2.09. The van der Waals surface area contributed by atoms with E-state index < -0.39 is 0 Å². The van der Waals surface area contributed by atoms with Crippen molar-refractivity contribution < 1.29 is 37.9 Å². The van der Waals surface area contributed by atoms with Gasteiger partial charge in [0.2, 0.25) is 0 Å². The molecule has 0 atom stereocenters. The van der Waals surface area contributed by atoms with E-state index in [2.05, 4.69) is 340 Å². The molecule has 0 spiro atoms. The Morgan fingerprint density at radius 1 is 0.125 bits per heavy atom. The molecule has 0 amide bonds. The van der Waals surface area contributed by atoms with Crippen LogP contribution in [0.2, 0.25) is 0 Å². The number of benzene rings is 16. The molecule has 0 heterocycles. The predicted molar refractivity (Wildman–Crippen MR) is 520 cm³/mol. The first-order chi connectivity index (χ1) is 62.9. The molecule has 128 heavy (non-hydrogen) atoms. The molecule has 16 bridgehead atoms. The number of fused-ring (bicyclic) bond motifs is 16. The summed E-state index contributed by atoms with van der Waals surface area (Å²) in [6.07, 6.45) is 9.64. The summed E-state index contributed by atoms with van der Waals surface area (Å²) in [7, 11) is 14.7. The highest BCUT2D eigenvalue weighted by Crippen LogP contribution is 2.45. The summed E-state index contributed by atoms with van der Waals surface area (Å²) in [6.45, 7) is 0. The highest BCUT2D eigenvalue weighted by Gasteiger charge is 2.28. The minimum Gasteiger partial charge on any atom is -0.496 e. The molecule has 0 saturated carbocycles. The number of ether oxygens (including phenoxy) is 8. The molecular formula is C120H112O8. The van der Waals surface area contributed by atoms with E-state index in [1.165, 1.54) is 89.0 Å². The molecule has 8 heteroatoms. The minimum atomic E-state index is 0.502. The van der Waals surface area contributed by atoms with E-state index in [-0.39, 0.29) is 0 Å². The smallest absolute Gasteiger partial charge is 0.125 e. The number of hydrogen-bond donors (Lipinski definition) is 0. The standard InChI is InChI=1S/C120H112O8/c1-121-113-97-57-89(49-81-33-17-9-18-34-81)58-98(113)74-100-60-91(51-83-37-21-11-22-38-83)62-102(115(100)123-3)76-104-64-93(53-85-41-25-13-26-42-85)66-106(117(104)125-5)78-108-68-95(55-87-45-29-15-30-46-87)70-110(119(108)127-7)80-112-72-96(56-88-47-31-16-32-48-88)71-111(120(112)128-8)79-109-69-94(54-86-43-27-14-28-44-86)67-107(118(109)126-6)77-105-65-92(52-84-39-23-12-24-40-84)63-103(116(105)124-4)75-101-61-90(50-82-35-19-10-20-36-82)59-99(73-97)114(101)122-2/h9-48,57-72H,49-56,73-80H2,1-8H3. The van der Waals surface area contributed by atoms with Gasteiger partial charge >= 0.3 is 0 Å². The third kappa shape index (κ3) is 20.7. The highest BCUT2D eigenvalue weighted by molar-refractivity contribution is 5.63. The normalized spacial score (nSPS) is 12.1. The molecule has 0 aliphatic heterocycles. The monoisotopic (exact) mass is 1680 g/mol. The van der Waals surface area contributed by atoms with Crippen LogP contribution in [0.1, 0.15) is 178 Å². The Morgan fingerprint density at radius 2 is 0.211 bits per heavy atom. The van der Waals surface area contributed by atoms with Crippen molar-refractivity contribution in [2.75, 3.05) is 56.9 Å². The quantitative estimate of drug-likeness (QED) is 0.0592. The Morgan fingerprint density at radius 3 is 0.289 bits per heavy atom. The maximum Gasteiger partial charge on any atom is 0.125 e. The van der Waals surface area contributed by atoms with Crippen LogP contribution in [-0.2, 0) is 103 Å². The molecule has 1 aliphatic rings. The molecule has 640 valence electrons. The Labute approximate surface area is 756 Å². The van der Waals surface area contributed by atoms with Gasteiger partial charge in [0.25, 0.3) is 0 Å². The van der Waals surface area contributed by atoms with E-state index in [0.717, 1.165) is 135 Å². The molecule has 1 aliphatic carbocycles. The molecule has 16 aromatic rings. The first-order valence-electron chi connectivity index (χ1n) is 44.7. The Kier molecular flexibility index (Phi) is 27.5. The lowest BCUT2D eigenvalue weighted by molar-refractivity contribution is 0.395. The van der Waals surface area contributed by atoms with E-state index in [0.29, 0.717) is 103 Å². The van der Waals surface area contributed by atoms with Crippen molar-refractivity contribution in [2.24, 2.45) is 0 Å². The molecule has 0 unspecified atom stereocenters.